The summed E-state index contributed by atoms with van der Waals surface area (Å²) >= 11 is 0. The molecular formula is C20H37N3O5. The number of rotatable bonds is 6. The van der Waals surface area contributed by atoms with Crippen molar-refractivity contribution in [3.05, 3.63) is 0 Å². The molecule has 3 amide bonds. The Morgan fingerprint density at radius 3 is 2.18 bits per heavy atom. The molecule has 8 nitrogen and oxygen atoms in total. The number of aliphatic hydroxyl groups is 1. The smallest absolute Gasteiger partial charge is 0.272 e. The van der Waals surface area contributed by atoms with Crippen molar-refractivity contribution < 1.29 is 24.7 Å². The molecule has 162 valence electrons. The third kappa shape index (κ3) is 9.01. The van der Waals surface area contributed by atoms with Gasteiger partial charge in [-0.2, -0.15) is 0 Å². The van der Waals surface area contributed by atoms with Gasteiger partial charge >= 0.3 is 0 Å². The van der Waals surface area contributed by atoms with Crippen LogP contribution in [-0.2, 0) is 14.4 Å². The molecule has 1 rings (SSSR count). The van der Waals surface area contributed by atoms with Gasteiger partial charge in [-0.15, -0.1) is 0 Å². The lowest BCUT2D eigenvalue weighted by Crippen LogP contribution is -2.52. The number of hydroxylamine groups is 1. The zero-order valence-electron chi connectivity index (χ0n) is 17.2. The van der Waals surface area contributed by atoms with E-state index in [2.05, 4.69) is 10.6 Å². The van der Waals surface area contributed by atoms with Crippen molar-refractivity contribution in [1.29, 1.82) is 0 Å². The van der Waals surface area contributed by atoms with Crippen LogP contribution in [0.15, 0.2) is 0 Å². The Kier molecular flexibility index (Phi) is 11.7. The fourth-order valence-electron chi connectivity index (χ4n) is 3.55. The normalized spacial score (nSPS) is 22.0. The maximum atomic E-state index is 12.8. The summed E-state index contributed by atoms with van der Waals surface area (Å²) in [5, 5.41) is 24.5. The van der Waals surface area contributed by atoms with Crippen LogP contribution in [0.25, 0.3) is 0 Å². The SMILES string of the molecule is CC(C)C[C@@H](C(=O)NC1CCCCCCCCCCNC1=O)[C@H](O)C(=O)NO. The molecule has 0 radical (unpaired) electrons. The van der Waals surface area contributed by atoms with Gasteiger partial charge in [-0.05, 0) is 25.2 Å². The number of carbonyl (C=O) groups is 3. The monoisotopic (exact) mass is 399 g/mol. The molecule has 0 saturated carbocycles. The summed E-state index contributed by atoms with van der Waals surface area (Å²) in [5.41, 5.74) is 1.39. The van der Waals surface area contributed by atoms with Crippen molar-refractivity contribution in [3.8, 4) is 0 Å². The minimum absolute atomic E-state index is 0.0470. The van der Waals surface area contributed by atoms with Crippen LogP contribution < -0.4 is 16.1 Å². The van der Waals surface area contributed by atoms with E-state index in [9.17, 15) is 19.5 Å². The first-order valence-corrected chi connectivity index (χ1v) is 10.6. The van der Waals surface area contributed by atoms with Crippen molar-refractivity contribution in [3.63, 3.8) is 0 Å². The summed E-state index contributed by atoms with van der Waals surface area (Å²) in [6.07, 6.45) is 7.64. The Hall–Kier alpha value is -1.67. The van der Waals surface area contributed by atoms with Gasteiger partial charge < -0.3 is 15.7 Å². The summed E-state index contributed by atoms with van der Waals surface area (Å²) in [6, 6.07) is -0.688. The van der Waals surface area contributed by atoms with E-state index in [0.717, 1.165) is 32.1 Å². The second kappa shape index (κ2) is 13.5. The van der Waals surface area contributed by atoms with E-state index in [4.69, 9.17) is 5.21 Å². The zero-order chi connectivity index (χ0) is 20.9. The Morgan fingerprint density at radius 1 is 1.04 bits per heavy atom. The highest BCUT2D eigenvalue weighted by atomic mass is 16.5. The number of amides is 3. The van der Waals surface area contributed by atoms with E-state index in [0.29, 0.717) is 13.0 Å². The summed E-state index contributed by atoms with van der Waals surface area (Å²) in [7, 11) is 0. The average molecular weight is 400 g/mol. The van der Waals surface area contributed by atoms with Gasteiger partial charge in [0, 0.05) is 6.54 Å². The molecular weight excluding hydrogens is 362 g/mol. The molecule has 3 atom stereocenters. The third-order valence-electron chi connectivity index (χ3n) is 5.17. The van der Waals surface area contributed by atoms with E-state index < -0.39 is 29.9 Å². The van der Waals surface area contributed by atoms with E-state index >= 15 is 0 Å². The van der Waals surface area contributed by atoms with Crippen LogP contribution in [0.5, 0.6) is 0 Å². The molecule has 1 unspecified atom stereocenters. The minimum atomic E-state index is -1.68. The first kappa shape index (κ1) is 24.4. The predicted octanol–water partition coefficient (Wildman–Crippen LogP) is 1.64. The lowest BCUT2D eigenvalue weighted by molar-refractivity contribution is -0.147. The van der Waals surface area contributed by atoms with Crippen molar-refractivity contribution in [2.75, 3.05) is 6.54 Å². The first-order chi connectivity index (χ1) is 13.4. The Balaban J connectivity index is 2.80. The second-order valence-electron chi connectivity index (χ2n) is 8.13. The lowest BCUT2D eigenvalue weighted by Gasteiger charge is -2.25. The summed E-state index contributed by atoms with van der Waals surface area (Å²) in [6.45, 7) is 4.32. The maximum absolute atomic E-state index is 12.8. The van der Waals surface area contributed by atoms with Gasteiger partial charge in [-0.25, -0.2) is 5.48 Å². The second-order valence-corrected chi connectivity index (χ2v) is 8.13. The van der Waals surface area contributed by atoms with Gasteiger partial charge in [0.25, 0.3) is 5.91 Å². The highest BCUT2D eigenvalue weighted by molar-refractivity contribution is 5.92. The largest absolute Gasteiger partial charge is 0.382 e. The topological polar surface area (TPSA) is 128 Å². The van der Waals surface area contributed by atoms with Crippen LogP contribution in [0.2, 0.25) is 0 Å². The molecule has 1 aliphatic heterocycles. The van der Waals surface area contributed by atoms with Crippen molar-refractivity contribution in [2.24, 2.45) is 11.8 Å². The van der Waals surface area contributed by atoms with Crippen molar-refractivity contribution in [1.82, 2.24) is 16.1 Å². The molecule has 0 bridgehead atoms. The molecule has 1 fully saturated rings. The van der Waals surface area contributed by atoms with Gasteiger partial charge in [-0.1, -0.05) is 58.8 Å². The minimum Gasteiger partial charge on any atom is -0.382 e. The molecule has 0 spiro atoms. The quantitative estimate of drug-likeness (QED) is 0.343. The van der Waals surface area contributed by atoms with Crippen LogP contribution >= 0.6 is 0 Å². The molecule has 1 heterocycles. The van der Waals surface area contributed by atoms with E-state index in [1.54, 1.807) is 0 Å². The zero-order valence-corrected chi connectivity index (χ0v) is 17.2. The van der Waals surface area contributed by atoms with Gasteiger partial charge in [0.05, 0.1) is 5.92 Å². The van der Waals surface area contributed by atoms with E-state index in [-0.39, 0.29) is 18.2 Å². The van der Waals surface area contributed by atoms with Gasteiger partial charge in [0.15, 0.2) is 0 Å². The Bertz CT molecular complexity index is 498. The van der Waals surface area contributed by atoms with Crippen LogP contribution in [0.3, 0.4) is 0 Å². The summed E-state index contributed by atoms with van der Waals surface area (Å²) < 4.78 is 0. The Labute approximate surface area is 167 Å². The molecule has 28 heavy (non-hydrogen) atoms. The number of nitrogens with one attached hydrogen (secondary N) is 3. The number of aliphatic hydroxyl groups excluding tert-OH is 1. The summed E-state index contributed by atoms with van der Waals surface area (Å²) in [5.74, 6) is -2.79. The lowest BCUT2D eigenvalue weighted by atomic mass is 9.90. The molecule has 1 aliphatic rings. The third-order valence-corrected chi connectivity index (χ3v) is 5.17. The molecule has 0 aliphatic carbocycles. The van der Waals surface area contributed by atoms with Crippen LogP contribution in [0.4, 0.5) is 0 Å². The van der Waals surface area contributed by atoms with Crippen LogP contribution in [0.1, 0.15) is 78.1 Å². The van der Waals surface area contributed by atoms with Crippen LogP contribution in [0, 0.1) is 11.8 Å². The maximum Gasteiger partial charge on any atom is 0.272 e. The van der Waals surface area contributed by atoms with Gasteiger partial charge in [-0.3, -0.25) is 19.6 Å². The number of carbonyl (C=O) groups excluding carboxylic acids is 3. The van der Waals surface area contributed by atoms with Crippen molar-refractivity contribution >= 4 is 17.7 Å². The van der Waals surface area contributed by atoms with Gasteiger partial charge in [0.2, 0.25) is 11.8 Å². The molecule has 0 aromatic rings. The average Bonchev–Trinajstić information content (AvgIpc) is 2.68. The Morgan fingerprint density at radius 2 is 1.61 bits per heavy atom. The summed E-state index contributed by atoms with van der Waals surface area (Å²) in [4.78, 5) is 36.9. The number of hydrogen-bond donors (Lipinski definition) is 5. The molecule has 0 aromatic heterocycles. The first-order valence-electron chi connectivity index (χ1n) is 10.6. The predicted molar refractivity (Wildman–Crippen MR) is 105 cm³/mol. The highest BCUT2D eigenvalue weighted by Gasteiger charge is 2.34. The molecule has 0 aromatic carbocycles. The number of hydrogen-bond acceptors (Lipinski definition) is 5. The van der Waals surface area contributed by atoms with Crippen molar-refractivity contribution in [2.45, 2.75) is 90.2 Å². The fourth-order valence-corrected chi connectivity index (χ4v) is 3.55. The van der Waals surface area contributed by atoms with E-state index in [1.807, 2.05) is 13.8 Å². The van der Waals surface area contributed by atoms with E-state index in [1.165, 1.54) is 24.7 Å². The molecule has 8 heteroatoms. The highest BCUT2D eigenvalue weighted by Crippen LogP contribution is 2.18. The molecule has 5 N–H and O–H groups in total. The standard InChI is InChI=1S/C20H37N3O5/c1-14(2)13-15(17(24)20(27)23-28)18(25)22-16-11-9-7-5-3-4-6-8-10-12-21-19(16)26/h14-17,24,28H,3-13H2,1-2H3,(H,21,26)(H,22,25)(H,23,27)/t15-,16?,17+/m1/s1. The molecule has 1 saturated heterocycles. The van der Waals surface area contributed by atoms with Gasteiger partial charge in [0.1, 0.15) is 12.1 Å². The fraction of sp³-hybridized carbons (Fsp3) is 0.850. The van der Waals surface area contributed by atoms with Crippen LogP contribution in [-0.4, -0.2) is 46.7 Å².